The summed E-state index contributed by atoms with van der Waals surface area (Å²) in [6, 6.07) is 7.95. The highest BCUT2D eigenvalue weighted by atomic mass is 15.2. The number of aryl methyl sites for hydroxylation is 1. The van der Waals surface area contributed by atoms with Gasteiger partial charge in [0.2, 0.25) is 0 Å². The average molecular weight is 183 g/mol. The first-order valence-corrected chi connectivity index (χ1v) is 4.29. The molecule has 0 saturated heterocycles. The lowest BCUT2D eigenvalue weighted by Gasteiger charge is -1.95. The van der Waals surface area contributed by atoms with Crippen LogP contribution in [0.3, 0.4) is 0 Å². The third-order valence-electron chi connectivity index (χ3n) is 2.12. The molecule has 0 aliphatic heterocycles. The van der Waals surface area contributed by atoms with E-state index in [0.717, 1.165) is 16.5 Å². The molecule has 3 nitrogen and oxygen atoms in total. The number of nitrogens with zero attached hydrogens (tertiary/aromatic N) is 3. The molecule has 0 bridgehead atoms. The summed E-state index contributed by atoms with van der Waals surface area (Å²) >= 11 is 0. The first-order chi connectivity index (χ1) is 6.81. The largest absolute Gasteiger partial charge is 0.268 e. The number of aromatic nitrogens is 2. The van der Waals surface area contributed by atoms with Crippen molar-refractivity contribution in [2.24, 2.45) is 7.05 Å². The fourth-order valence-corrected chi connectivity index (χ4v) is 1.42. The van der Waals surface area contributed by atoms with Gasteiger partial charge in [0.05, 0.1) is 17.8 Å². The van der Waals surface area contributed by atoms with Crippen LogP contribution in [0.4, 0.5) is 0 Å². The van der Waals surface area contributed by atoms with Crippen LogP contribution in [0.25, 0.3) is 17.0 Å². The fourth-order valence-electron chi connectivity index (χ4n) is 1.42. The Morgan fingerprint density at radius 3 is 3.14 bits per heavy atom. The summed E-state index contributed by atoms with van der Waals surface area (Å²) < 4.78 is 1.83. The molecule has 0 atom stereocenters. The van der Waals surface area contributed by atoms with E-state index < -0.39 is 0 Å². The van der Waals surface area contributed by atoms with Crippen molar-refractivity contribution >= 4 is 17.0 Å². The molecule has 68 valence electrons. The van der Waals surface area contributed by atoms with Crippen LogP contribution in [-0.4, -0.2) is 9.78 Å². The topological polar surface area (TPSA) is 41.6 Å². The fraction of sp³-hybridized carbons (Fsp3) is 0.0909. The van der Waals surface area contributed by atoms with Gasteiger partial charge in [-0.25, -0.2) is 0 Å². The Morgan fingerprint density at radius 1 is 1.50 bits per heavy atom. The SMILES string of the molecule is Cn1ncc2cc(C=CC#N)ccc21. The van der Waals surface area contributed by atoms with Crippen LogP contribution in [0.1, 0.15) is 5.56 Å². The third kappa shape index (κ3) is 1.38. The monoisotopic (exact) mass is 183 g/mol. The smallest absolute Gasteiger partial charge is 0.0912 e. The predicted molar refractivity (Wildman–Crippen MR) is 55.4 cm³/mol. The standard InChI is InChI=1S/C11H9N3/c1-14-11-5-4-9(3-2-6-12)7-10(11)8-13-14/h2-5,7-8H,1H3. The van der Waals surface area contributed by atoms with Crippen molar-refractivity contribution < 1.29 is 0 Å². The van der Waals surface area contributed by atoms with E-state index in [2.05, 4.69) is 5.10 Å². The maximum Gasteiger partial charge on any atom is 0.0912 e. The second kappa shape index (κ2) is 3.35. The molecule has 0 aliphatic rings. The molecule has 2 rings (SSSR count). The van der Waals surface area contributed by atoms with Crippen molar-refractivity contribution in [2.45, 2.75) is 0 Å². The van der Waals surface area contributed by atoms with Gasteiger partial charge in [0.15, 0.2) is 0 Å². The lowest BCUT2D eigenvalue weighted by atomic mass is 10.1. The Morgan fingerprint density at radius 2 is 2.36 bits per heavy atom. The summed E-state index contributed by atoms with van der Waals surface area (Å²) in [7, 11) is 1.91. The first-order valence-electron chi connectivity index (χ1n) is 4.29. The summed E-state index contributed by atoms with van der Waals surface area (Å²) in [5, 5.41) is 13.6. The van der Waals surface area contributed by atoms with Gasteiger partial charge in [-0.05, 0) is 23.8 Å². The third-order valence-corrected chi connectivity index (χ3v) is 2.12. The number of hydrogen-bond donors (Lipinski definition) is 0. The summed E-state index contributed by atoms with van der Waals surface area (Å²) in [6.07, 6.45) is 5.07. The number of benzene rings is 1. The summed E-state index contributed by atoms with van der Waals surface area (Å²) in [5.41, 5.74) is 2.12. The van der Waals surface area contributed by atoms with Gasteiger partial charge >= 0.3 is 0 Å². The summed E-state index contributed by atoms with van der Waals surface area (Å²) in [4.78, 5) is 0. The van der Waals surface area contributed by atoms with Crippen LogP contribution in [0.2, 0.25) is 0 Å². The second-order valence-electron chi connectivity index (χ2n) is 3.05. The van der Waals surface area contributed by atoms with E-state index >= 15 is 0 Å². The van der Waals surface area contributed by atoms with Gasteiger partial charge in [-0.2, -0.15) is 10.4 Å². The van der Waals surface area contributed by atoms with E-state index in [1.807, 2.05) is 42.2 Å². The quantitative estimate of drug-likeness (QED) is 0.635. The number of nitriles is 1. The Hall–Kier alpha value is -2.08. The van der Waals surface area contributed by atoms with Crippen molar-refractivity contribution in [1.29, 1.82) is 5.26 Å². The van der Waals surface area contributed by atoms with Gasteiger partial charge in [-0.15, -0.1) is 0 Å². The number of hydrogen-bond acceptors (Lipinski definition) is 2. The molecular weight excluding hydrogens is 174 g/mol. The van der Waals surface area contributed by atoms with Gasteiger partial charge < -0.3 is 0 Å². The Labute approximate surface area is 81.9 Å². The van der Waals surface area contributed by atoms with Crippen LogP contribution < -0.4 is 0 Å². The Balaban J connectivity index is 2.53. The molecule has 1 aromatic carbocycles. The summed E-state index contributed by atoms with van der Waals surface area (Å²) in [5.74, 6) is 0. The van der Waals surface area contributed by atoms with E-state index in [9.17, 15) is 0 Å². The second-order valence-corrected chi connectivity index (χ2v) is 3.05. The van der Waals surface area contributed by atoms with Crippen LogP contribution in [-0.2, 0) is 7.05 Å². The number of rotatable bonds is 1. The number of fused-ring (bicyclic) bond motifs is 1. The highest BCUT2D eigenvalue weighted by Crippen LogP contribution is 2.15. The molecule has 1 heterocycles. The maximum absolute atomic E-state index is 8.39. The van der Waals surface area contributed by atoms with Crippen molar-refractivity contribution in [3.05, 3.63) is 36.0 Å². The van der Waals surface area contributed by atoms with Crippen LogP contribution in [0.15, 0.2) is 30.5 Å². The molecule has 0 saturated carbocycles. The van der Waals surface area contributed by atoms with Gasteiger partial charge in [0.1, 0.15) is 0 Å². The van der Waals surface area contributed by atoms with Gasteiger partial charge in [-0.3, -0.25) is 4.68 Å². The molecule has 1 aromatic heterocycles. The first kappa shape index (κ1) is 8.52. The zero-order chi connectivity index (χ0) is 9.97. The van der Waals surface area contributed by atoms with E-state index in [4.69, 9.17) is 5.26 Å². The molecule has 0 aliphatic carbocycles. The zero-order valence-corrected chi connectivity index (χ0v) is 7.81. The molecule has 2 aromatic rings. The van der Waals surface area contributed by atoms with E-state index in [1.165, 1.54) is 6.08 Å². The predicted octanol–water partition coefficient (Wildman–Crippen LogP) is 2.11. The summed E-state index contributed by atoms with van der Waals surface area (Å²) in [6.45, 7) is 0. The van der Waals surface area contributed by atoms with E-state index in [-0.39, 0.29) is 0 Å². The number of allylic oxidation sites excluding steroid dienone is 1. The minimum atomic E-state index is 1.02. The molecule has 0 spiro atoms. The van der Waals surface area contributed by atoms with E-state index in [1.54, 1.807) is 6.08 Å². The molecular formula is C11H9N3. The van der Waals surface area contributed by atoms with Crippen LogP contribution in [0, 0.1) is 11.3 Å². The molecule has 0 radical (unpaired) electrons. The molecule has 0 fully saturated rings. The maximum atomic E-state index is 8.39. The van der Waals surface area contributed by atoms with Crippen LogP contribution >= 0.6 is 0 Å². The minimum Gasteiger partial charge on any atom is -0.268 e. The van der Waals surface area contributed by atoms with Gasteiger partial charge in [0, 0.05) is 18.5 Å². The van der Waals surface area contributed by atoms with E-state index in [0.29, 0.717) is 0 Å². The molecule has 0 unspecified atom stereocenters. The highest BCUT2D eigenvalue weighted by Gasteiger charge is 1.98. The Bertz CT molecular complexity index is 529. The van der Waals surface area contributed by atoms with Crippen LogP contribution in [0.5, 0.6) is 0 Å². The van der Waals surface area contributed by atoms with Crippen molar-refractivity contribution in [3.8, 4) is 6.07 Å². The highest BCUT2D eigenvalue weighted by molar-refractivity contribution is 5.81. The lowest BCUT2D eigenvalue weighted by molar-refractivity contribution is 0.797. The van der Waals surface area contributed by atoms with Gasteiger partial charge in [0.25, 0.3) is 0 Å². The average Bonchev–Trinajstić information content (AvgIpc) is 2.57. The molecule has 0 amide bonds. The Kier molecular flexibility index (Phi) is 2.04. The van der Waals surface area contributed by atoms with Crippen molar-refractivity contribution in [1.82, 2.24) is 9.78 Å². The lowest BCUT2D eigenvalue weighted by Crippen LogP contribution is -1.87. The van der Waals surface area contributed by atoms with Gasteiger partial charge in [-0.1, -0.05) is 6.07 Å². The van der Waals surface area contributed by atoms with Crippen molar-refractivity contribution in [2.75, 3.05) is 0 Å². The zero-order valence-electron chi connectivity index (χ0n) is 7.81. The normalized spacial score (nSPS) is 10.9. The molecule has 3 heteroatoms. The molecule has 14 heavy (non-hydrogen) atoms. The molecule has 0 N–H and O–H groups in total. The minimum absolute atomic E-state index is 1.02. The van der Waals surface area contributed by atoms with Crippen molar-refractivity contribution in [3.63, 3.8) is 0 Å².